The Bertz CT molecular complexity index is 490. The van der Waals surface area contributed by atoms with Crippen LogP contribution in [0.25, 0.3) is 0 Å². The van der Waals surface area contributed by atoms with Crippen molar-refractivity contribution >= 4 is 35.6 Å². The number of nitrogens with zero attached hydrogens (tertiary/aromatic N) is 1. The molecule has 4 heteroatoms. The number of nitrogens with one attached hydrogen (secondary N) is 1. The Hall–Kier alpha value is -0.780. The van der Waals surface area contributed by atoms with Crippen LogP contribution in [0.5, 0.6) is 0 Å². The highest BCUT2D eigenvalue weighted by Gasteiger charge is 2.45. The lowest BCUT2D eigenvalue weighted by Crippen LogP contribution is -2.25. The number of nitrogens with two attached hydrogens (primary N) is 1. The Kier molecular flexibility index (Phi) is 5.86. The molecule has 0 saturated heterocycles. The van der Waals surface area contributed by atoms with Crippen LogP contribution in [-0.4, -0.2) is 12.5 Å². The number of anilines is 1. The van der Waals surface area contributed by atoms with Crippen molar-refractivity contribution < 1.29 is 0 Å². The van der Waals surface area contributed by atoms with E-state index in [0.717, 1.165) is 12.2 Å². The van der Waals surface area contributed by atoms with Gasteiger partial charge in [-0.1, -0.05) is 19.9 Å². The zero-order chi connectivity index (χ0) is 14.0. The molecule has 1 fully saturated rings. The molecule has 1 aliphatic rings. The van der Waals surface area contributed by atoms with E-state index in [2.05, 4.69) is 50.1 Å². The summed E-state index contributed by atoms with van der Waals surface area (Å²) in [6.07, 6.45) is 2.57. The van der Waals surface area contributed by atoms with Crippen LogP contribution in [0, 0.1) is 25.2 Å². The standard InChI is InChI=1S/C16H25N3.HI/c1-11(2)16(7-8-16)10-18-15(17)19-14-6-5-12(3)13(4)9-14;/h5-6,9,11H,7-8,10H2,1-4H3,(H3,17,18,19);1H. The fraction of sp³-hybridized carbons (Fsp3) is 0.562. The number of hydrogen-bond donors (Lipinski definition) is 2. The Morgan fingerprint density at radius 3 is 2.45 bits per heavy atom. The van der Waals surface area contributed by atoms with Crippen molar-refractivity contribution in [1.82, 2.24) is 0 Å². The van der Waals surface area contributed by atoms with E-state index < -0.39 is 0 Å². The van der Waals surface area contributed by atoms with Crippen LogP contribution in [0.1, 0.15) is 37.8 Å². The summed E-state index contributed by atoms with van der Waals surface area (Å²) < 4.78 is 0. The molecule has 20 heavy (non-hydrogen) atoms. The molecular weight excluding hydrogens is 361 g/mol. The van der Waals surface area contributed by atoms with Crippen LogP contribution in [0.4, 0.5) is 5.69 Å². The molecule has 1 saturated carbocycles. The van der Waals surface area contributed by atoms with Gasteiger partial charge >= 0.3 is 0 Å². The maximum Gasteiger partial charge on any atom is 0.193 e. The van der Waals surface area contributed by atoms with Crippen molar-refractivity contribution in [2.24, 2.45) is 22.1 Å². The molecule has 2 rings (SSSR count). The van der Waals surface area contributed by atoms with E-state index in [1.54, 1.807) is 0 Å². The summed E-state index contributed by atoms with van der Waals surface area (Å²) in [5, 5.41) is 3.18. The van der Waals surface area contributed by atoms with Crippen molar-refractivity contribution in [3.05, 3.63) is 29.3 Å². The first-order valence-corrected chi connectivity index (χ1v) is 7.07. The SMILES string of the molecule is Cc1ccc(NC(N)=NCC2(C(C)C)CC2)cc1C.I. The maximum absolute atomic E-state index is 5.97. The molecule has 1 aromatic carbocycles. The fourth-order valence-corrected chi connectivity index (χ4v) is 2.33. The van der Waals surface area contributed by atoms with E-state index >= 15 is 0 Å². The van der Waals surface area contributed by atoms with Crippen molar-refractivity contribution in [3.63, 3.8) is 0 Å². The van der Waals surface area contributed by atoms with E-state index in [4.69, 9.17) is 5.73 Å². The van der Waals surface area contributed by atoms with Crippen molar-refractivity contribution in [2.75, 3.05) is 11.9 Å². The molecule has 0 radical (unpaired) electrons. The smallest absolute Gasteiger partial charge is 0.193 e. The molecule has 0 amide bonds. The van der Waals surface area contributed by atoms with Gasteiger partial charge in [0.1, 0.15) is 0 Å². The van der Waals surface area contributed by atoms with Crippen LogP contribution in [0.15, 0.2) is 23.2 Å². The van der Waals surface area contributed by atoms with Gasteiger partial charge < -0.3 is 11.1 Å². The van der Waals surface area contributed by atoms with Gasteiger partial charge in [0.25, 0.3) is 0 Å². The van der Waals surface area contributed by atoms with E-state index in [0.29, 0.717) is 17.3 Å². The lowest BCUT2D eigenvalue weighted by atomic mass is 9.93. The van der Waals surface area contributed by atoms with Gasteiger partial charge in [-0.2, -0.15) is 0 Å². The van der Waals surface area contributed by atoms with Crippen molar-refractivity contribution in [2.45, 2.75) is 40.5 Å². The van der Waals surface area contributed by atoms with Crippen LogP contribution < -0.4 is 11.1 Å². The second-order valence-corrected chi connectivity index (χ2v) is 6.14. The first-order valence-electron chi connectivity index (χ1n) is 7.07. The second-order valence-electron chi connectivity index (χ2n) is 6.14. The van der Waals surface area contributed by atoms with E-state index in [1.807, 2.05) is 6.07 Å². The molecule has 0 unspecified atom stereocenters. The topological polar surface area (TPSA) is 50.4 Å². The largest absolute Gasteiger partial charge is 0.370 e. The van der Waals surface area contributed by atoms with Crippen molar-refractivity contribution in [3.8, 4) is 0 Å². The van der Waals surface area contributed by atoms with Gasteiger partial charge in [-0.15, -0.1) is 24.0 Å². The highest BCUT2D eigenvalue weighted by molar-refractivity contribution is 14.0. The molecule has 0 aromatic heterocycles. The molecule has 3 N–H and O–H groups in total. The molecular formula is C16H26IN3. The summed E-state index contributed by atoms with van der Waals surface area (Å²) in [6.45, 7) is 9.60. The molecule has 3 nitrogen and oxygen atoms in total. The van der Waals surface area contributed by atoms with Crippen LogP contribution >= 0.6 is 24.0 Å². The molecule has 0 bridgehead atoms. The number of aryl methyl sites for hydroxylation is 2. The van der Waals surface area contributed by atoms with Crippen LogP contribution in [0.3, 0.4) is 0 Å². The Balaban J connectivity index is 0.00000200. The summed E-state index contributed by atoms with van der Waals surface area (Å²) in [6, 6.07) is 6.24. The third-order valence-electron chi connectivity index (χ3n) is 4.46. The van der Waals surface area contributed by atoms with Crippen LogP contribution in [0.2, 0.25) is 0 Å². The number of rotatable bonds is 4. The fourth-order valence-electron chi connectivity index (χ4n) is 2.33. The molecule has 112 valence electrons. The predicted octanol–water partition coefficient (Wildman–Crippen LogP) is 4.08. The summed E-state index contributed by atoms with van der Waals surface area (Å²) in [5.41, 5.74) is 9.95. The normalized spacial score (nSPS) is 16.8. The Labute approximate surface area is 139 Å². The second kappa shape index (κ2) is 6.78. The minimum atomic E-state index is 0. The third-order valence-corrected chi connectivity index (χ3v) is 4.46. The number of hydrogen-bond acceptors (Lipinski definition) is 1. The van der Waals surface area contributed by atoms with Gasteiger partial charge in [-0.3, -0.25) is 4.99 Å². The zero-order valence-corrected chi connectivity index (χ0v) is 15.2. The Morgan fingerprint density at radius 2 is 1.95 bits per heavy atom. The van der Waals surface area contributed by atoms with E-state index in [9.17, 15) is 0 Å². The molecule has 1 aromatic rings. The summed E-state index contributed by atoms with van der Waals surface area (Å²) in [4.78, 5) is 4.51. The zero-order valence-electron chi connectivity index (χ0n) is 12.9. The molecule has 0 aliphatic heterocycles. The number of halogens is 1. The van der Waals surface area contributed by atoms with Gasteiger partial charge in [-0.25, -0.2) is 0 Å². The average Bonchev–Trinajstić information content (AvgIpc) is 3.13. The minimum absolute atomic E-state index is 0. The number of benzene rings is 1. The van der Waals surface area contributed by atoms with E-state index in [-0.39, 0.29) is 24.0 Å². The lowest BCUT2D eigenvalue weighted by molar-refractivity contribution is 0.371. The van der Waals surface area contributed by atoms with Crippen molar-refractivity contribution in [1.29, 1.82) is 0 Å². The van der Waals surface area contributed by atoms with Gasteiger partial charge in [0, 0.05) is 12.2 Å². The minimum Gasteiger partial charge on any atom is -0.370 e. The average molecular weight is 387 g/mol. The van der Waals surface area contributed by atoms with Gasteiger partial charge in [0.05, 0.1) is 0 Å². The number of aliphatic imine (C=N–C) groups is 1. The van der Waals surface area contributed by atoms with Gasteiger partial charge in [0.15, 0.2) is 5.96 Å². The van der Waals surface area contributed by atoms with Crippen LogP contribution in [-0.2, 0) is 0 Å². The number of guanidine groups is 1. The third kappa shape index (κ3) is 4.11. The first kappa shape index (κ1) is 17.3. The molecule has 0 spiro atoms. The molecule has 0 atom stereocenters. The monoisotopic (exact) mass is 387 g/mol. The summed E-state index contributed by atoms with van der Waals surface area (Å²) in [7, 11) is 0. The summed E-state index contributed by atoms with van der Waals surface area (Å²) >= 11 is 0. The lowest BCUT2D eigenvalue weighted by Gasteiger charge is -2.17. The van der Waals surface area contributed by atoms with E-state index in [1.165, 1.54) is 24.0 Å². The first-order chi connectivity index (χ1) is 8.93. The summed E-state index contributed by atoms with van der Waals surface area (Å²) in [5.74, 6) is 1.21. The maximum atomic E-state index is 5.97. The Morgan fingerprint density at radius 1 is 1.30 bits per heavy atom. The predicted molar refractivity (Wildman–Crippen MR) is 97.9 cm³/mol. The quantitative estimate of drug-likeness (QED) is 0.465. The molecule has 1 aliphatic carbocycles. The highest BCUT2D eigenvalue weighted by atomic mass is 127. The highest BCUT2D eigenvalue weighted by Crippen LogP contribution is 2.51. The van der Waals surface area contributed by atoms with Gasteiger partial charge in [-0.05, 0) is 61.3 Å². The van der Waals surface area contributed by atoms with Gasteiger partial charge in [0.2, 0.25) is 0 Å². The molecule has 0 heterocycles.